The summed E-state index contributed by atoms with van der Waals surface area (Å²) in [5.74, 6) is -1.39. The topological polar surface area (TPSA) is 101 Å². The highest BCUT2D eigenvalue weighted by atomic mass is 35.5. The van der Waals surface area contributed by atoms with Crippen LogP contribution in [0.1, 0.15) is 16.8 Å². The van der Waals surface area contributed by atoms with Gasteiger partial charge in [0.25, 0.3) is 0 Å². The molecule has 0 aliphatic carbocycles. The highest BCUT2D eigenvalue weighted by molar-refractivity contribution is 7.89. The van der Waals surface area contributed by atoms with Crippen LogP contribution in [-0.2, 0) is 19.6 Å². The van der Waals surface area contributed by atoms with Crippen molar-refractivity contribution in [2.45, 2.75) is 23.5 Å². The van der Waals surface area contributed by atoms with E-state index in [4.69, 9.17) is 27.9 Å². The molecule has 0 aromatic heterocycles. The number of hydrogen-bond acceptors (Lipinski definition) is 6. The van der Waals surface area contributed by atoms with Gasteiger partial charge in [0.2, 0.25) is 10.0 Å². The summed E-state index contributed by atoms with van der Waals surface area (Å²) in [6.45, 7) is -0.826. The lowest BCUT2D eigenvalue weighted by atomic mass is 10.1. The van der Waals surface area contributed by atoms with E-state index in [1.165, 1.54) is 36.4 Å². The van der Waals surface area contributed by atoms with Gasteiger partial charge < -0.3 is 9.84 Å². The Bertz CT molecular complexity index is 1030. The predicted molar refractivity (Wildman–Crippen MR) is 106 cm³/mol. The second-order valence-electron chi connectivity index (χ2n) is 6.48. The van der Waals surface area contributed by atoms with E-state index in [1.54, 1.807) is 12.1 Å². The molecule has 0 unspecified atom stereocenters. The zero-order valence-corrected chi connectivity index (χ0v) is 17.3. The smallest absolute Gasteiger partial charge is 0.325 e. The van der Waals surface area contributed by atoms with E-state index in [1.807, 2.05) is 0 Å². The monoisotopic (exact) mass is 457 g/mol. The molecule has 7 nitrogen and oxygen atoms in total. The number of aliphatic hydroxyl groups is 1. The Kier molecular flexibility index (Phi) is 6.60. The van der Waals surface area contributed by atoms with Crippen molar-refractivity contribution < 1.29 is 27.9 Å². The van der Waals surface area contributed by atoms with Gasteiger partial charge >= 0.3 is 5.97 Å². The van der Waals surface area contributed by atoms with Gasteiger partial charge in [0.15, 0.2) is 12.4 Å². The molecule has 1 heterocycles. The molecule has 10 heteroatoms. The van der Waals surface area contributed by atoms with Crippen LogP contribution < -0.4 is 0 Å². The summed E-state index contributed by atoms with van der Waals surface area (Å²) in [6, 6.07) is 10.4. The predicted octanol–water partition coefficient (Wildman–Crippen LogP) is 2.54. The summed E-state index contributed by atoms with van der Waals surface area (Å²) in [5.41, 5.74) is 0.266. The molecular formula is C19H17Cl2NO6S. The van der Waals surface area contributed by atoms with Crippen LogP contribution in [0.25, 0.3) is 0 Å². The Morgan fingerprint density at radius 3 is 2.45 bits per heavy atom. The van der Waals surface area contributed by atoms with Crippen LogP contribution in [0.15, 0.2) is 53.4 Å². The van der Waals surface area contributed by atoms with Crippen LogP contribution >= 0.6 is 23.2 Å². The summed E-state index contributed by atoms with van der Waals surface area (Å²) in [5, 5.41) is 10.7. The molecule has 1 N–H and O–H groups in total. The first-order valence-electron chi connectivity index (χ1n) is 8.59. The van der Waals surface area contributed by atoms with Gasteiger partial charge in [-0.15, -0.1) is 0 Å². The average Bonchev–Trinajstić information content (AvgIpc) is 3.09. The van der Waals surface area contributed by atoms with Crippen LogP contribution in [0.2, 0.25) is 10.0 Å². The lowest BCUT2D eigenvalue weighted by Gasteiger charge is -2.22. The maximum absolute atomic E-state index is 12.9. The number of ketones is 1. The number of rotatable bonds is 6. The first kappa shape index (κ1) is 21.7. The van der Waals surface area contributed by atoms with E-state index in [2.05, 4.69) is 0 Å². The van der Waals surface area contributed by atoms with E-state index in [0.717, 1.165) is 4.31 Å². The number of esters is 1. The highest BCUT2D eigenvalue weighted by Crippen LogP contribution is 2.28. The van der Waals surface area contributed by atoms with Gasteiger partial charge in [-0.05, 0) is 36.4 Å². The number of Topliss-reactive ketones (excluding diaryl/α,β-unsaturated/α-hetero) is 1. The summed E-state index contributed by atoms with van der Waals surface area (Å²) < 4.78 is 31.7. The number of carbonyl (C=O) groups excluding carboxylic acids is 2. The Morgan fingerprint density at radius 2 is 1.79 bits per heavy atom. The Balaban J connectivity index is 1.73. The fourth-order valence-corrected chi connectivity index (χ4v) is 4.93. The Morgan fingerprint density at radius 1 is 1.10 bits per heavy atom. The number of aliphatic hydroxyl groups excluding tert-OH is 1. The molecule has 1 saturated heterocycles. The quantitative estimate of drug-likeness (QED) is 0.528. The van der Waals surface area contributed by atoms with E-state index < -0.39 is 40.5 Å². The fraction of sp³-hybridized carbons (Fsp3) is 0.263. The maximum Gasteiger partial charge on any atom is 0.325 e. The largest absolute Gasteiger partial charge is 0.456 e. The minimum atomic E-state index is -4.07. The van der Waals surface area contributed by atoms with Gasteiger partial charge in [0, 0.05) is 28.6 Å². The summed E-state index contributed by atoms with van der Waals surface area (Å²) in [6.07, 6.45) is -1.16. The number of benzene rings is 2. The number of sulfonamides is 1. The van der Waals surface area contributed by atoms with Gasteiger partial charge in [0.1, 0.15) is 6.04 Å². The van der Waals surface area contributed by atoms with Gasteiger partial charge in [-0.2, -0.15) is 4.31 Å². The summed E-state index contributed by atoms with van der Waals surface area (Å²) >= 11 is 11.6. The Labute approximate surface area is 177 Å². The van der Waals surface area contributed by atoms with Gasteiger partial charge in [-0.25, -0.2) is 8.42 Å². The molecule has 0 saturated carbocycles. The number of halogens is 2. The lowest BCUT2D eigenvalue weighted by molar-refractivity contribution is -0.146. The van der Waals surface area contributed by atoms with Crippen LogP contribution in [-0.4, -0.2) is 54.9 Å². The average molecular weight is 458 g/mol. The number of β-amino-alcohol motifs (C(OH)–C–C–N with tert-alkyl or cyclic N) is 1. The van der Waals surface area contributed by atoms with Crippen molar-refractivity contribution in [3.05, 3.63) is 64.1 Å². The SMILES string of the molecule is O=C(COC(=O)[C@H]1C[C@H](O)CN1S(=O)(=O)c1ccc(Cl)cc1)c1cccc(Cl)c1. The molecule has 1 aliphatic heterocycles. The molecular weight excluding hydrogens is 441 g/mol. The molecule has 29 heavy (non-hydrogen) atoms. The zero-order valence-electron chi connectivity index (χ0n) is 15.0. The third-order valence-electron chi connectivity index (χ3n) is 4.42. The molecule has 0 radical (unpaired) electrons. The summed E-state index contributed by atoms with van der Waals surface area (Å²) in [7, 11) is -4.07. The third-order valence-corrected chi connectivity index (χ3v) is 6.79. The second-order valence-corrected chi connectivity index (χ2v) is 9.24. The van der Waals surface area contributed by atoms with Crippen molar-refractivity contribution in [3.8, 4) is 0 Å². The zero-order chi connectivity index (χ0) is 21.2. The van der Waals surface area contributed by atoms with Crippen molar-refractivity contribution >= 4 is 45.0 Å². The minimum Gasteiger partial charge on any atom is -0.456 e. The molecule has 2 aromatic carbocycles. The van der Waals surface area contributed by atoms with Gasteiger partial charge in [0.05, 0.1) is 11.0 Å². The molecule has 0 spiro atoms. The number of ether oxygens (including phenoxy) is 1. The normalized spacial score (nSPS) is 19.8. The number of hydrogen-bond donors (Lipinski definition) is 1. The Hall–Kier alpha value is -1.97. The van der Waals surface area contributed by atoms with Crippen molar-refractivity contribution in [2.24, 2.45) is 0 Å². The van der Waals surface area contributed by atoms with Crippen LogP contribution in [0, 0.1) is 0 Å². The maximum atomic E-state index is 12.9. The second kappa shape index (κ2) is 8.81. The number of nitrogens with zero attached hydrogens (tertiary/aromatic N) is 1. The lowest BCUT2D eigenvalue weighted by Crippen LogP contribution is -2.41. The molecule has 1 aliphatic rings. The van der Waals surface area contributed by atoms with E-state index in [9.17, 15) is 23.1 Å². The first-order valence-corrected chi connectivity index (χ1v) is 10.8. The van der Waals surface area contributed by atoms with Crippen LogP contribution in [0.5, 0.6) is 0 Å². The van der Waals surface area contributed by atoms with E-state index >= 15 is 0 Å². The van der Waals surface area contributed by atoms with Gasteiger partial charge in [-0.1, -0.05) is 35.3 Å². The van der Waals surface area contributed by atoms with Gasteiger partial charge in [-0.3, -0.25) is 9.59 Å². The van der Waals surface area contributed by atoms with Crippen molar-refractivity contribution in [2.75, 3.05) is 13.2 Å². The molecule has 154 valence electrons. The fourth-order valence-electron chi connectivity index (χ4n) is 2.98. The number of carbonyl (C=O) groups is 2. The first-order chi connectivity index (χ1) is 13.7. The summed E-state index contributed by atoms with van der Waals surface area (Å²) in [4.78, 5) is 24.6. The standard InChI is InChI=1S/C19H17Cl2NO6S/c20-13-4-6-16(7-5-13)29(26,27)22-10-15(23)9-17(22)19(25)28-11-18(24)12-2-1-3-14(21)8-12/h1-8,15,17,23H,9-11H2/t15-,17+/m0/s1. The van der Waals surface area contributed by atoms with Crippen molar-refractivity contribution in [1.82, 2.24) is 4.31 Å². The molecule has 0 amide bonds. The van der Waals surface area contributed by atoms with Crippen molar-refractivity contribution in [3.63, 3.8) is 0 Å². The molecule has 2 aromatic rings. The third kappa shape index (κ3) is 4.96. The van der Waals surface area contributed by atoms with Crippen molar-refractivity contribution in [1.29, 1.82) is 0 Å². The minimum absolute atomic E-state index is 0.0659. The molecule has 1 fully saturated rings. The van der Waals surface area contributed by atoms with Crippen LogP contribution in [0.3, 0.4) is 0 Å². The van der Waals surface area contributed by atoms with E-state index in [0.29, 0.717) is 10.0 Å². The molecule has 0 bridgehead atoms. The molecule has 2 atom stereocenters. The highest BCUT2D eigenvalue weighted by Gasteiger charge is 2.44. The molecule has 3 rings (SSSR count). The van der Waals surface area contributed by atoms with Crippen LogP contribution in [0.4, 0.5) is 0 Å². The van der Waals surface area contributed by atoms with E-state index in [-0.39, 0.29) is 23.4 Å².